The summed E-state index contributed by atoms with van der Waals surface area (Å²) in [4.78, 5) is 11.3. The minimum absolute atomic E-state index is 0.101. The van der Waals surface area contributed by atoms with Crippen LogP contribution < -0.4 is 14.2 Å². The summed E-state index contributed by atoms with van der Waals surface area (Å²) < 4.78 is 16.8. The molecule has 31 heavy (non-hydrogen) atoms. The summed E-state index contributed by atoms with van der Waals surface area (Å²) in [5, 5.41) is 21.7. The molecule has 3 aromatic carbocycles. The van der Waals surface area contributed by atoms with E-state index in [1.54, 1.807) is 20.3 Å². The van der Waals surface area contributed by atoms with E-state index in [0.717, 1.165) is 30.0 Å². The lowest BCUT2D eigenvalue weighted by Gasteiger charge is -2.15. The number of aromatic hydroxyl groups is 1. The second-order valence-electron chi connectivity index (χ2n) is 7.29. The quantitative estimate of drug-likeness (QED) is 0.434. The minimum atomic E-state index is -1.15. The number of hydrogen-bond acceptors (Lipinski definition) is 5. The van der Waals surface area contributed by atoms with Crippen molar-refractivity contribution in [2.75, 3.05) is 20.8 Å². The molecule has 6 nitrogen and oxygen atoms in total. The number of aryl methyl sites for hydroxylation is 1. The first-order chi connectivity index (χ1) is 15.0. The Morgan fingerprint density at radius 3 is 2.39 bits per heavy atom. The van der Waals surface area contributed by atoms with E-state index in [2.05, 4.69) is 6.07 Å². The van der Waals surface area contributed by atoms with Crippen molar-refractivity contribution in [3.05, 3.63) is 59.2 Å². The molecular weight excluding hydrogens is 396 g/mol. The van der Waals surface area contributed by atoms with E-state index in [0.29, 0.717) is 35.8 Å². The van der Waals surface area contributed by atoms with Gasteiger partial charge in [-0.3, -0.25) is 0 Å². The highest BCUT2D eigenvalue weighted by Crippen LogP contribution is 2.35. The van der Waals surface area contributed by atoms with E-state index in [-0.39, 0.29) is 11.3 Å². The fourth-order valence-electron chi connectivity index (χ4n) is 3.75. The Hall–Kier alpha value is -3.41. The normalized spacial score (nSPS) is 10.8. The van der Waals surface area contributed by atoms with Gasteiger partial charge in [-0.05, 0) is 59.9 Å². The number of hydrogen-bond donors (Lipinski definition) is 2. The van der Waals surface area contributed by atoms with Gasteiger partial charge in [-0.2, -0.15) is 0 Å². The molecule has 0 aliphatic heterocycles. The molecule has 164 valence electrons. The van der Waals surface area contributed by atoms with Crippen molar-refractivity contribution < 1.29 is 29.2 Å². The summed E-state index contributed by atoms with van der Waals surface area (Å²) in [6, 6.07) is 13.1. The second kappa shape index (κ2) is 10.1. The molecule has 0 fully saturated rings. The van der Waals surface area contributed by atoms with Crippen LogP contribution >= 0.6 is 0 Å². The van der Waals surface area contributed by atoms with Crippen molar-refractivity contribution in [2.45, 2.75) is 32.6 Å². The number of carboxylic acid groups (broad SMARTS) is 1. The topological polar surface area (TPSA) is 85.2 Å². The molecule has 0 amide bonds. The molecule has 0 aliphatic rings. The maximum absolute atomic E-state index is 11.3. The minimum Gasteiger partial charge on any atom is -0.507 e. The van der Waals surface area contributed by atoms with Gasteiger partial charge in [0.1, 0.15) is 17.1 Å². The van der Waals surface area contributed by atoms with Crippen LogP contribution in [0.3, 0.4) is 0 Å². The predicted octanol–water partition coefficient (Wildman–Crippen LogP) is 5.22. The van der Waals surface area contributed by atoms with Crippen molar-refractivity contribution >= 4 is 16.7 Å². The molecule has 0 bridgehead atoms. The molecule has 0 saturated heterocycles. The third-order valence-electron chi connectivity index (χ3n) is 5.29. The maximum atomic E-state index is 11.3. The number of phenols is 1. The number of ether oxygens (including phenoxy) is 3. The third kappa shape index (κ3) is 4.85. The monoisotopic (exact) mass is 424 g/mol. The van der Waals surface area contributed by atoms with Gasteiger partial charge in [0.2, 0.25) is 0 Å². The Kier molecular flexibility index (Phi) is 7.23. The molecule has 0 heterocycles. The Morgan fingerprint density at radius 1 is 0.968 bits per heavy atom. The van der Waals surface area contributed by atoms with Crippen LogP contribution in [-0.4, -0.2) is 37.0 Å². The second-order valence-corrected chi connectivity index (χ2v) is 7.29. The van der Waals surface area contributed by atoms with Crippen LogP contribution in [0.4, 0.5) is 0 Å². The van der Waals surface area contributed by atoms with Crippen molar-refractivity contribution in [3.63, 3.8) is 0 Å². The van der Waals surface area contributed by atoms with Crippen molar-refractivity contribution in [3.8, 4) is 23.0 Å². The predicted molar refractivity (Wildman–Crippen MR) is 120 cm³/mol. The van der Waals surface area contributed by atoms with Crippen LogP contribution in [0.1, 0.15) is 41.3 Å². The highest BCUT2D eigenvalue weighted by Gasteiger charge is 2.17. The van der Waals surface area contributed by atoms with Gasteiger partial charge < -0.3 is 24.4 Å². The molecule has 2 N–H and O–H groups in total. The van der Waals surface area contributed by atoms with E-state index in [4.69, 9.17) is 14.2 Å². The highest BCUT2D eigenvalue weighted by molar-refractivity contribution is 5.92. The van der Waals surface area contributed by atoms with Crippen LogP contribution in [0.2, 0.25) is 0 Å². The number of carboxylic acids is 1. The largest absolute Gasteiger partial charge is 0.507 e. The fourth-order valence-corrected chi connectivity index (χ4v) is 3.75. The lowest BCUT2D eigenvalue weighted by Crippen LogP contribution is -2.05. The molecule has 0 aromatic heterocycles. The van der Waals surface area contributed by atoms with Crippen LogP contribution in [-0.2, 0) is 12.8 Å². The summed E-state index contributed by atoms with van der Waals surface area (Å²) in [5.41, 5.74) is 1.63. The third-order valence-corrected chi connectivity index (χ3v) is 5.29. The summed E-state index contributed by atoms with van der Waals surface area (Å²) >= 11 is 0. The zero-order valence-corrected chi connectivity index (χ0v) is 18.1. The molecule has 0 saturated carbocycles. The standard InChI is InChI=1S/C25H28O6/c1-4-7-18-21(12-11-19(24(18)26)25(27)28)31-13-6-10-16-8-5-9-17-14-22(29-2)23(30-3)15-20(16)17/h5,8-9,11-12,14-15,26H,4,6-7,10,13H2,1-3H3,(H,27,28). The Bertz CT molecular complexity index is 1070. The molecule has 3 rings (SSSR count). The van der Waals surface area contributed by atoms with Gasteiger partial charge in [-0.1, -0.05) is 31.5 Å². The van der Waals surface area contributed by atoms with Crippen molar-refractivity contribution in [2.24, 2.45) is 0 Å². The number of benzene rings is 3. The Morgan fingerprint density at radius 2 is 1.71 bits per heavy atom. The molecule has 6 heteroatoms. The van der Waals surface area contributed by atoms with Gasteiger partial charge >= 0.3 is 5.97 Å². The van der Waals surface area contributed by atoms with Gasteiger partial charge in [0.25, 0.3) is 0 Å². The molecule has 3 aromatic rings. The number of aromatic carboxylic acids is 1. The summed E-state index contributed by atoms with van der Waals surface area (Å²) in [7, 11) is 3.25. The first-order valence-electron chi connectivity index (χ1n) is 10.3. The van der Waals surface area contributed by atoms with Crippen LogP contribution in [0, 0.1) is 0 Å². The van der Waals surface area contributed by atoms with Gasteiger partial charge in [0, 0.05) is 5.56 Å². The summed E-state index contributed by atoms with van der Waals surface area (Å²) in [6.07, 6.45) is 2.89. The van der Waals surface area contributed by atoms with Gasteiger partial charge in [-0.15, -0.1) is 0 Å². The number of rotatable bonds is 10. The van der Waals surface area contributed by atoms with Gasteiger partial charge in [-0.25, -0.2) is 4.79 Å². The van der Waals surface area contributed by atoms with Gasteiger partial charge in [0.15, 0.2) is 11.5 Å². The number of fused-ring (bicyclic) bond motifs is 1. The maximum Gasteiger partial charge on any atom is 0.339 e. The molecule has 0 unspecified atom stereocenters. The average molecular weight is 424 g/mol. The average Bonchev–Trinajstić information content (AvgIpc) is 2.77. The van der Waals surface area contributed by atoms with E-state index >= 15 is 0 Å². The first kappa shape index (κ1) is 22.3. The lowest BCUT2D eigenvalue weighted by atomic mass is 10.0. The SMILES string of the molecule is CCCc1c(OCCCc2cccc3cc(OC)c(OC)cc23)ccc(C(=O)O)c1O. The molecule has 0 aliphatic carbocycles. The van der Waals surface area contributed by atoms with Gasteiger partial charge in [0.05, 0.1) is 20.8 Å². The number of methoxy groups -OCH3 is 2. The zero-order chi connectivity index (χ0) is 22.4. The molecule has 0 radical (unpaired) electrons. The van der Waals surface area contributed by atoms with Crippen LogP contribution in [0.25, 0.3) is 10.8 Å². The molecule has 0 atom stereocenters. The van der Waals surface area contributed by atoms with Crippen molar-refractivity contribution in [1.29, 1.82) is 0 Å². The Balaban J connectivity index is 1.73. The van der Waals surface area contributed by atoms with Crippen LogP contribution in [0.15, 0.2) is 42.5 Å². The Labute approximate surface area is 182 Å². The van der Waals surface area contributed by atoms with E-state index < -0.39 is 5.97 Å². The van der Waals surface area contributed by atoms with Crippen LogP contribution in [0.5, 0.6) is 23.0 Å². The van der Waals surface area contributed by atoms with E-state index in [1.165, 1.54) is 11.6 Å². The van der Waals surface area contributed by atoms with E-state index in [1.807, 2.05) is 31.2 Å². The summed E-state index contributed by atoms with van der Waals surface area (Å²) in [5.74, 6) is 0.570. The summed E-state index contributed by atoms with van der Waals surface area (Å²) in [6.45, 7) is 2.42. The first-order valence-corrected chi connectivity index (χ1v) is 10.3. The highest BCUT2D eigenvalue weighted by atomic mass is 16.5. The number of carbonyl (C=O) groups is 1. The fraction of sp³-hybridized carbons (Fsp3) is 0.320. The lowest BCUT2D eigenvalue weighted by molar-refractivity contribution is 0.0693. The molecular formula is C25H28O6. The molecule has 0 spiro atoms. The zero-order valence-electron chi connectivity index (χ0n) is 18.1. The smallest absolute Gasteiger partial charge is 0.339 e. The van der Waals surface area contributed by atoms with Crippen molar-refractivity contribution in [1.82, 2.24) is 0 Å². The van der Waals surface area contributed by atoms with E-state index in [9.17, 15) is 15.0 Å².